The van der Waals surface area contributed by atoms with Crippen molar-refractivity contribution in [2.45, 2.75) is 25.2 Å². The highest BCUT2D eigenvalue weighted by molar-refractivity contribution is 9.10. The zero-order chi connectivity index (χ0) is 15.0. The summed E-state index contributed by atoms with van der Waals surface area (Å²) in [5.74, 6) is 0.856. The molecule has 1 aliphatic rings. The van der Waals surface area contributed by atoms with Gasteiger partial charge in [-0.25, -0.2) is 9.97 Å². The first kappa shape index (κ1) is 14.3. The van der Waals surface area contributed by atoms with E-state index in [-0.39, 0.29) is 5.91 Å². The number of aryl methyl sites for hydroxylation is 1. The number of amides is 1. The molecule has 2 aromatic rings. The van der Waals surface area contributed by atoms with Crippen LogP contribution in [0.15, 0.2) is 29.1 Å². The van der Waals surface area contributed by atoms with E-state index < -0.39 is 0 Å². The fourth-order valence-electron chi connectivity index (χ4n) is 2.66. The summed E-state index contributed by atoms with van der Waals surface area (Å²) in [7, 11) is 3.71. The molecule has 6 heteroatoms. The van der Waals surface area contributed by atoms with Crippen molar-refractivity contribution in [2.75, 3.05) is 11.9 Å². The lowest BCUT2D eigenvalue weighted by atomic mass is 9.81. The van der Waals surface area contributed by atoms with E-state index in [2.05, 4.69) is 30.5 Å². The number of anilines is 1. The van der Waals surface area contributed by atoms with Crippen LogP contribution < -0.4 is 4.90 Å². The molecule has 0 bridgehead atoms. The topological polar surface area (TPSA) is 51.0 Å². The first-order valence-corrected chi connectivity index (χ1v) is 7.78. The Balaban J connectivity index is 1.89. The highest BCUT2D eigenvalue weighted by atomic mass is 79.9. The minimum atomic E-state index is -0.0557. The molecule has 0 spiro atoms. The average Bonchev–Trinajstić information content (AvgIpc) is 2.78. The van der Waals surface area contributed by atoms with Crippen LogP contribution in [-0.2, 0) is 7.05 Å². The van der Waals surface area contributed by atoms with Crippen molar-refractivity contribution in [3.63, 3.8) is 0 Å². The fraction of sp³-hybridized carbons (Fsp3) is 0.400. The normalized spacial score (nSPS) is 14.8. The van der Waals surface area contributed by atoms with Gasteiger partial charge in [0.2, 0.25) is 5.95 Å². The predicted octanol–water partition coefficient (Wildman–Crippen LogP) is 3.12. The summed E-state index contributed by atoms with van der Waals surface area (Å²) < 4.78 is 2.86. The molecule has 2 heterocycles. The van der Waals surface area contributed by atoms with Crippen LogP contribution in [0, 0.1) is 0 Å². The van der Waals surface area contributed by atoms with E-state index in [4.69, 9.17) is 0 Å². The second kappa shape index (κ2) is 5.60. The largest absolute Gasteiger partial charge is 0.353 e. The Morgan fingerprint density at radius 2 is 2.05 bits per heavy atom. The molecule has 110 valence electrons. The van der Waals surface area contributed by atoms with Crippen LogP contribution in [0.2, 0.25) is 0 Å². The smallest absolute Gasteiger partial charge is 0.262 e. The van der Waals surface area contributed by atoms with Gasteiger partial charge in [-0.15, -0.1) is 0 Å². The Kier molecular flexibility index (Phi) is 3.80. The van der Waals surface area contributed by atoms with Crippen LogP contribution >= 0.6 is 15.9 Å². The van der Waals surface area contributed by atoms with Gasteiger partial charge in [-0.05, 0) is 40.8 Å². The summed E-state index contributed by atoms with van der Waals surface area (Å²) >= 11 is 3.30. The number of carbonyl (C=O) groups excluding carboxylic acids is 1. The van der Waals surface area contributed by atoms with Gasteiger partial charge < -0.3 is 4.57 Å². The molecule has 0 radical (unpaired) electrons. The Morgan fingerprint density at radius 1 is 1.38 bits per heavy atom. The molecular formula is C15H17BrN4O. The maximum absolute atomic E-state index is 12.7. The summed E-state index contributed by atoms with van der Waals surface area (Å²) in [6.07, 6.45) is 8.81. The molecule has 0 aromatic carbocycles. The molecule has 21 heavy (non-hydrogen) atoms. The van der Waals surface area contributed by atoms with E-state index in [1.54, 1.807) is 19.4 Å². The lowest BCUT2D eigenvalue weighted by molar-refractivity contribution is 0.0989. The molecule has 1 aliphatic carbocycles. The molecule has 0 N–H and O–H groups in total. The summed E-state index contributed by atoms with van der Waals surface area (Å²) in [6.45, 7) is 0. The zero-order valence-electron chi connectivity index (χ0n) is 12.1. The van der Waals surface area contributed by atoms with Gasteiger partial charge in [0, 0.05) is 38.4 Å². The average molecular weight is 349 g/mol. The summed E-state index contributed by atoms with van der Waals surface area (Å²) in [6, 6.07) is 1.89. The van der Waals surface area contributed by atoms with Gasteiger partial charge in [-0.1, -0.05) is 6.42 Å². The molecule has 1 amide bonds. The van der Waals surface area contributed by atoms with Crippen LogP contribution in [0.5, 0.6) is 0 Å². The van der Waals surface area contributed by atoms with Crippen molar-refractivity contribution in [1.29, 1.82) is 0 Å². The molecule has 1 saturated carbocycles. The minimum Gasteiger partial charge on any atom is -0.353 e. The molecule has 1 fully saturated rings. The van der Waals surface area contributed by atoms with Gasteiger partial charge in [0.05, 0.1) is 10.0 Å². The molecular weight excluding hydrogens is 332 g/mol. The third kappa shape index (κ3) is 2.60. The number of carbonyl (C=O) groups is 1. The Bertz CT molecular complexity index is 661. The maximum atomic E-state index is 12.7. The first-order valence-electron chi connectivity index (χ1n) is 6.98. The quantitative estimate of drug-likeness (QED) is 0.856. The monoisotopic (exact) mass is 348 g/mol. The van der Waals surface area contributed by atoms with Crippen molar-refractivity contribution >= 4 is 27.8 Å². The van der Waals surface area contributed by atoms with Crippen molar-refractivity contribution in [2.24, 2.45) is 7.05 Å². The van der Waals surface area contributed by atoms with Gasteiger partial charge >= 0.3 is 0 Å². The van der Waals surface area contributed by atoms with Gasteiger partial charge in [-0.2, -0.15) is 0 Å². The Labute approximate surface area is 132 Å². The van der Waals surface area contributed by atoms with Crippen molar-refractivity contribution in [3.05, 3.63) is 40.4 Å². The lowest BCUT2D eigenvalue weighted by Crippen LogP contribution is -2.29. The summed E-state index contributed by atoms with van der Waals surface area (Å²) in [5, 5.41) is 0. The zero-order valence-corrected chi connectivity index (χ0v) is 13.7. The highest BCUT2D eigenvalue weighted by Crippen LogP contribution is 2.38. The fourth-order valence-corrected chi connectivity index (χ4v) is 2.87. The molecule has 2 aromatic heterocycles. The van der Waals surface area contributed by atoms with E-state index in [1.807, 2.05) is 19.3 Å². The lowest BCUT2D eigenvalue weighted by Gasteiger charge is -2.28. The Hall–Kier alpha value is -1.69. The van der Waals surface area contributed by atoms with Crippen LogP contribution in [0.3, 0.4) is 0 Å². The number of aromatic nitrogens is 3. The Morgan fingerprint density at radius 3 is 2.62 bits per heavy atom. The maximum Gasteiger partial charge on any atom is 0.262 e. The molecule has 5 nitrogen and oxygen atoms in total. The molecule has 0 unspecified atom stereocenters. The van der Waals surface area contributed by atoms with Crippen LogP contribution in [0.1, 0.15) is 41.2 Å². The van der Waals surface area contributed by atoms with E-state index in [0.717, 1.165) is 28.6 Å². The van der Waals surface area contributed by atoms with Gasteiger partial charge in [-0.3, -0.25) is 9.69 Å². The number of rotatable bonds is 3. The first-order chi connectivity index (χ1) is 10.1. The van der Waals surface area contributed by atoms with Gasteiger partial charge in [0.25, 0.3) is 5.91 Å². The predicted molar refractivity (Wildman–Crippen MR) is 84.5 cm³/mol. The standard InChI is InChI=1S/C15H17BrN4O/c1-19-7-6-12(13(19)10-4-3-5-10)14(21)20(2)15-17-8-11(16)9-18-15/h6-10H,3-5H2,1-2H3. The van der Waals surface area contributed by atoms with Crippen molar-refractivity contribution in [1.82, 2.24) is 14.5 Å². The van der Waals surface area contributed by atoms with E-state index in [9.17, 15) is 4.79 Å². The van der Waals surface area contributed by atoms with Crippen LogP contribution in [0.25, 0.3) is 0 Å². The molecule has 0 aliphatic heterocycles. The molecule has 0 atom stereocenters. The van der Waals surface area contributed by atoms with E-state index in [1.165, 1.54) is 11.3 Å². The minimum absolute atomic E-state index is 0.0557. The van der Waals surface area contributed by atoms with E-state index >= 15 is 0 Å². The second-order valence-electron chi connectivity index (χ2n) is 5.42. The van der Waals surface area contributed by atoms with Gasteiger partial charge in [0.15, 0.2) is 0 Å². The van der Waals surface area contributed by atoms with Crippen LogP contribution in [-0.4, -0.2) is 27.5 Å². The second-order valence-corrected chi connectivity index (χ2v) is 6.33. The number of hydrogen-bond acceptors (Lipinski definition) is 3. The summed E-state index contributed by atoms with van der Waals surface area (Å²) in [4.78, 5) is 22.6. The van der Waals surface area contributed by atoms with Crippen molar-refractivity contribution in [3.8, 4) is 0 Å². The SMILES string of the molecule is CN(C(=O)c1ccn(C)c1C1CCC1)c1ncc(Br)cn1. The third-order valence-corrected chi connectivity index (χ3v) is 4.46. The number of halogens is 1. The molecule has 3 rings (SSSR count). The number of hydrogen-bond donors (Lipinski definition) is 0. The summed E-state index contributed by atoms with van der Waals surface area (Å²) in [5.41, 5.74) is 1.89. The third-order valence-electron chi connectivity index (χ3n) is 4.05. The van der Waals surface area contributed by atoms with E-state index in [0.29, 0.717) is 11.9 Å². The molecule has 0 saturated heterocycles. The van der Waals surface area contributed by atoms with Crippen molar-refractivity contribution < 1.29 is 4.79 Å². The highest BCUT2D eigenvalue weighted by Gasteiger charge is 2.29. The number of nitrogens with zero attached hydrogens (tertiary/aromatic N) is 4. The van der Waals surface area contributed by atoms with Gasteiger partial charge in [0.1, 0.15) is 0 Å². The van der Waals surface area contributed by atoms with Crippen LogP contribution in [0.4, 0.5) is 5.95 Å².